The second-order valence-corrected chi connectivity index (χ2v) is 3.73. The van der Waals surface area contributed by atoms with E-state index in [2.05, 4.69) is 0 Å². The molecule has 0 saturated heterocycles. The molecule has 1 unspecified atom stereocenters. The SMILES string of the molecule is Cn1ccc2c1C(=O)CC(CN)C2. The molecule has 70 valence electrons. The van der Waals surface area contributed by atoms with Gasteiger partial charge < -0.3 is 10.3 Å². The Balaban J connectivity index is 2.39. The number of carbonyl (C=O) groups excluding carboxylic acids is 1. The summed E-state index contributed by atoms with van der Waals surface area (Å²) in [7, 11) is 1.92. The minimum Gasteiger partial charge on any atom is -0.348 e. The van der Waals surface area contributed by atoms with Crippen LogP contribution in [0, 0.1) is 5.92 Å². The van der Waals surface area contributed by atoms with E-state index in [9.17, 15) is 4.79 Å². The summed E-state index contributed by atoms with van der Waals surface area (Å²) in [6, 6.07) is 2.02. The van der Waals surface area contributed by atoms with Crippen LogP contribution >= 0.6 is 0 Å². The maximum absolute atomic E-state index is 11.7. The number of fused-ring (bicyclic) bond motifs is 1. The monoisotopic (exact) mass is 178 g/mol. The molecule has 0 aliphatic heterocycles. The van der Waals surface area contributed by atoms with Gasteiger partial charge in [0.25, 0.3) is 0 Å². The first kappa shape index (κ1) is 8.51. The molecule has 0 radical (unpaired) electrons. The molecule has 0 fully saturated rings. The molecule has 0 spiro atoms. The molecule has 3 nitrogen and oxygen atoms in total. The van der Waals surface area contributed by atoms with Gasteiger partial charge in [-0.2, -0.15) is 0 Å². The van der Waals surface area contributed by atoms with Gasteiger partial charge in [-0.05, 0) is 30.5 Å². The largest absolute Gasteiger partial charge is 0.348 e. The molecule has 13 heavy (non-hydrogen) atoms. The second-order valence-electron chi connectivity index (χ2n) is 3.73. The van der Waals surface area contributed by atoms with Crippen LogP contribution in [-0.4, -0.2) is 16.9 Å². The Hall–Kier alpha value is -1.09. The molecular weight excluding hydrogens is 164 g/mol. The van der Waals surface area contributed by atoms with Crippen molar-refractivity contribution in [2.24, 2.45) is 18.7 Å². The van der Waals surface area contributed by atoms with E-state index in [1.165, 1.54) is 0 Å². The number of rotatable bonds is 1. The third-order valence-electron chi connectivity index (χ3n) is 2.74. The van der Waals surface area contributed by atoms with Crippen LogP contribution in [0.25, 0.3) is 0 Å². The predicted molar refractivity (Wildman–Crippen MR) is 50.6 cm³/mol. The van der Waals surface area contributed by atoms with Gasteiger partial charge in [-0.3, -0.25) is 4.79 Å². The number of aryl methyl sites for hydroxylation is 1. The number of hydrogen-bond acceptors (Lipinski definition) is 2. The van der Waals surface area contributed by atoms with Crippen molar-refractivity contribution in [3.63, 3.8) is 0 Å². The lowest BCUT2D eigenvalue weighted by molar-refractivity contribution is 0.0942. The fourth-order valence-corrected chi connectivity index (χ4v) is 2.03. The molecule has 2 rings (SSSR count). The Kier molecular flexibility index (Phi) is 1.96. The number of Topliss-reactive ketones (excluding diaryl/α,β-unsaturated/α-hetero) is 1. The summed E-state index contributed by atoms with van der Waals surface area (Å²) in [6.07, 6.45) is 3.52. The summed E-state index contributed by atoms with van der Waals surface area (Å²) in [6.45, 7) is 0.611. The lowest BCUT2D eigenvalue weighted by atomic mass is 9.87. The molecule has 1 aliphatic carbocycles. The van der Waals surface area contributed by atoms with Gasteiger partial charge in [-0.1, -0.05) is 0 Å². The lowest BCUT2D eigenvalue weighted by Crippen LogP contribution is -2.26. The van der Waals surface area contributed by atoms with Gasteiger partial charge in [0, 0.05) is 19.7 Å². The number of nitrogens with two attached hydrogens (primary N) is 1. The normalized spacial score (nSPS) is 21.7. The Bertz CT molecular complexity index is 341. The summed E-state index contributed by atoms with van der Waals surface area (Å²) in [5.74, 6) is 0.589. The predicted octanol–water partition coefficient (Wildman–Crippen LogP) is 0.729. The number of carbonyl (C=O) groups is 1. The first-order valence-corrected chi connectivity index (χ1v) is 4.60. The molecule has 0 aromatic carbocycles. The van der Waals surface area contributed by atoms with E-state index in [-0.39, 0.29) is 5.78 Å². The number of hydrogen-bond donors (Lipinski definition) is 1. The van der Waals surface area contributed by atoms with Crippen LogP contribution in [0.4, 0.5) is 0 Å². The van der Waals surface area contributed by atoms with Crippen LogP contribution in [0.2, 0.25) is 0 Å². The quantitative estimate of drug-likeness (QED) is 0.689. The number of ketones is 1. The molecule has 3 heteroatoms. The van der Waals surface area contributed by atoms with Crippen molar-refractivity contribution in [2.75, 3.05) is 6.54 Å². The van der Waals surface area contributed by atoms with Crippen molar-refractivity contribution in [3.05, 3.63) is 23.5 Å². The van der Waals surface area contributed by atoms with Gasteiger partial charge in [0.1, 0.15) is 0 Å². The summed E-state index contributed by atoms with van der Waals surface area (Å²) >= 11 is 0. The highest BCUT2D eigenvalue weighted by Gasteiger charge is 2.26. The van der Waals surface area contributed by atoms with E-state index in [4.69, 9.17) is 5.73 Å². The smallest absolute Gasteiger partial charge is 0.179 e. The maximum atomic E-state index is 11.7. The lowest BCUT2D eigenvalue weighted by Gasteiger charge is -2.20. The van der Waals surface area contributed by atoms with Gasteiger partial charge in [0.05, 0.1) is 5.69 Å². The van der Waals surface area contributed by atoms with Gasteiger partial charge >= 0.3 is 0 Å². The third-order valence-corrected chi connectivity index (χ3v) is 2.74. The van der Waals surface area contributed by atoms with Crippen molar-refractivity contribution in [3.8, 4) is 0 Å². The van der Waals surface area contributed by atoms with Gasteiger partial charge in [0.2, 0.25) is 0 Å². The number of aromatic nitrogens is 1. The Labute approximate surface area is 77.5 Å². The highest BCUT2D eigenvalue weighted by molar-refractivity contribution is 5.97. The minimum absolute atomic E-state index is 0.240. The van der Waals surface area contributed by atoms with Crippen LogP contribution in [0.3, 0.4) is 0 Å². The molecule has 2 N–H and O–H groups in total. The fraction of sp³-hybridized carbons (Fsp3) is 0.500. The van der Waals surface area contributed by atoms with Gasteiger partial charge in [0.15, 0.2) is 5.78 Å². The molecule has 1 heterocycles. The third kappa shape index (κ3) is 1.29. The van der Waals surface area contributed by atoms with E-state index in [0.29, 0.717) is 18.9 Å². The minimum atomic E-state index is 0.240. The van der Waals surface area contributed by atoms with E-state index < -0.39 is 0 Å². The fourth-order valence-electron chi connectivity index (χ4n) is 2.03. The molecule has 1 atom stereocenters. The van der Waals surface area contributed by atoms with Crippen molar-refractivity contribution < 1.29 is 4.79 Å². The van der Waals surface area contributed by atoms with Crippen LogP contribution in [0.15, 0.2) is 12.3 Å². The van der Waals surface area contributed by atoms with Crippen molar-refractivity contribution >= 4 is 5.78 Å². The standard InChI is InChI=1S/C10H14N2O/c1-12-3-2-8-4-7(6-11)5-9(13)10(8)12/h2-3,7H,4-6,11H2,1H3. The molecule has 0 saturated carbocycles. The van der Waals surface area contributed by atoms with E-state index in [0.717, 1.165) is 17.7 Å². The maximum Gasteiger partial charge on any atom is 0.179 e. The summed E-state index contributed by atoms with van der Waals surface area (Å²) in [4.78, 5) is 11.7. The van der Waals surface area contributed by atoms with Crippen LogP contribution in [0.5, 0.6) is 0 Å². The Morgan fingerprint density at radius 3 is 3.08 bits per heavy atom. The summed E-state index contributed by atoms with van der Waals surface area (Å²) < 4.78 is 1.91. The van der Waals surface area contributed by atoms with Crippen LogP contribution < -0.4 is 5.73 Å². The summed E-state index contributed by atoms with van der Waals surface area (Å²) in [5, 5.41) is 0. The zero-order valence-electron chi connectivity index (χ0n) is 7.79. The van der Waals surface area contributed by atoms with E-state index in [1.807, 2.05) is 23.9 Å². The van der Waals surface area contributed by atoms with Crippen molar-refractivity contribution in [1.29, 1.82) is 0 Å². The number of nitrogens with zero attached hydrogens (tertiary/aromatic N) is 1. The molecule has 0 bridgehead atoms. The molecule has 1 aromatic rings. The van der Waals surface area contributed by atoms with Crippen LogP contribution in [0.1, 0.15) is 22.5 Å². The molecule has 0 amide bonds. The molecule has 1 aliphatic rings. The average Bonchev–Trinajstić information content (AvgIpc) is 2.48. The first-order valence-electron chi connectivity index (χ1n) is 4.60. The first-order chi connectivity index (χ1) is 6.22. The second kappa shape index (κ2) is 3.00. The van der Waals surface area contributed by atoms with Crippen molar-refractivity contribution in [2.45, 2.75) is 12.8 Å². The topological polar surface area (TPSA) is 48.0 Å². The Morgan fingerprint density at radius 2 is 2.38 bits per heavy atom. The average molecular weight is 178 g/mol. The zero-order valence-corrected chi connectivity index (χ0v) is 7.79. The molecule has 1 aromatic heterocycles. The Morgan fingerprint density at radius 1 is 1.62 bits per heavy atom. The van der Waals surface area contributed by atoms with Crippen LogP contribution in [-0.2, 0) is 13.5 Å². The van der Waals surface area contributed by atoms with E-state index >= 15 is 0 Å². The van der Waals surface area contributed by atoms with E-state index in [1.54, 1.807) is 0 Å². The zero-order chi connectivity index (χ0) is 9.42. The van der Waals surface area contributed by atoms with Gasteiger partial charge in [-0.15, -0.1) is 0 Å². The highest BCUT2D eigenvalue weighted by atomic mass is 16.1. The highest BCUT2D eigenvalue weighted by Crippen LogP contribution is 2.25. The van der Waals surface area contributed by atoms with Gasteiger partial charge in [-0.25, -0.2) is 0 Å². The van der Waals surface area contributed by atoms with Crippen molar-refractivity contribution in [1.82, 2.24) is 4.57 Å². The molecular formula is C10H14N2O. The summed E-state index contributed by atoms with van der Waals surface area (Å²) in [5.41, 5.74) is 7.61.